The average molecular weight is 368 g/mol. The van der Waals surface area contributed by atoms with Gasteiger partial charge in [0.05, 0.1) is 25.9 Å². The molecule has 3 rings (SSSR count). The summed E-state index contributed by atoms with van der Waals surface area (Å²) in [5, 5.41) is 2.42. The second-order valence-electron chi connectivity index (χ2n) is 6.06. The van der Waals surface area contributed by atoms with Crippen molar-refractivity contribution in [1.29, 1.82) is 0 Å². The summed E-state index contributed by atoms with van der Waals surface area (Å²) < 4.78 is 5.15. The number of nitrogens with one attached hydrogen (secondary N) is 1. The topological polar surface area (TPSA) is 91.8 Å². The molecular formula is C19H20N4O4. The van der Waals surface area contributed by atoms with Crippen LogP contribution in [-0.4, -0.2) is 52.8 Å². The van der Waals surface area contributed by atoms with Crippen LogP contribution in [0.5, 0.6) is 5.75 Å². The molecule has 0 aliphatic carbocycles. The predicted molar refractivity (Wildman–Crippen MR) is 96.6 cm³/mol. The lowest BCUT2D eigenvalue weighted by molar-refractivity contribution is -0.137. The highest BCUT2D eigenvalue weighted by atomic mass is 16.5. The normalized spacial score (nSPS) is 13.4. The number of carbonyl (C=O) groups is 3. The van der Waals surface area contributed by atoms with Crippen molar-refractivity contribution < 1.29 is 19.1 Å². The Morgan fingerprint density at radius 3 is 2.56 bits per heavy atom. The zero-order valence-corrected chi connectivity index (χ0v) is 14.9. The maximum Gasteiger partial charge on any atom is 0.325 e. The van der Waals surface area contributed by atoms with Gasteiger partial charge in [-0.2, -0.15) is 0 Å². The van der Waals surface area contributed by atoms with Crippen molar-refractivity contribution in [2.45, 2.75) is 13.1 Å². The molecular weight excluding hydrogens is 348 g/mol. The number of amides is 4. The third kappa shape index (κ3) is 4.60. The second kappa shape index (κ2) is 8.31. The number of rotatable bonds is 7. The Morgan fingerprint density at radius 1 is 1.19 bits per heavy atom. The van der Waals surface area contributed by atoms with Gasteiger partial charge in [-0.3, -0.25) is 19.5 Å². The zero-order valence-electron chi connectivity index (χ0n) is 14.9. The van der Waals surface area contributed by atoms with Gasteiger partial charge in [-0.1, -0.05) is 18.2 Å². The molecule has 1 fully saturated rings. The zero-order chi connectivity index (χ0) is 19.2. The fraction of sp³-hybridized carbons (Fsp3) is 0.263. The minimum absolute atomic E-state index is 0.0785. The van der Waals surface area contributed by atoms with Crippen LogP contribution in [0.4, 0.5) is 4.79 Å². The summed E-state index contributed by atoms with van der Waals surface area (Å²) in [5.74, 6) is -0.0156. The van der Waals surface area contributed by atoms with Gasteiger partial charge in [0, 0.05) is 12.7 Å². The molecule has 1 N–H and O–H groups in total. The highest BCUT2D eigenvalue weighted by molar-refractivity contribution is 6.04. The van der Waals surface area contributed by atoms with Gasteiger partial charge in [0.15, 0.2) is 0 Å². The van der Waals surface area contributed by atoms with Crippen LogP contribution in [0.3, 0.4) is 0 Å². The number of imide groups is 1. The Morgan fingerprint density at radius 2 is 1.96 bits per heavy atom. The Balaban J connectivity index is 1.76. The van der Waals surface area contributed by atoms with Gasteiger partial charge in [0.1, 0.15) is 12.3 Å². The van der Waals surface area contributed by atoms with Crippen molar-refractivity contribution >= 4 is 17.8 Å². The van der Waals surface area contributed by atoms with Crippen molar-refractivity contribution in [3.8, 4) is 5.75 Å². The van der Waals surface area contributed by atoms with Crippen molar-refractivity contribution in [1.82, 2.24) is 20.1 Å². The van der Waals surface area contributed by atoms with E-state index in [-0.39, 0.29) is 25.5 Å². The highest BCUT2D eigenvalue weighted by Crippen LogP contribution is 2.15. The van der Waals surface area contributed by atoms with Gasteiger partial charge in [-0.15, -0.1) is 0 Å². The van der Waals surface area contributed by atoms with Crippen molar-refractivity contribution in [3.05, 3.63) is 59.9 Å². The summed E-state index contributed by atoms with van der Waals surface area (Å²) >= 11 is 0. The summed E-state index contributed by atoms with van der Waals surface area (Å²) in [6, 6.07) is 12.3. The molecule has 140 valence electrons. The molecule has 27 heavy (non-hydrogen) atoms. The molecule has 1 aromatic heterocycles. The Bertz CT molecular complexity index is 807. The maximum atomic E-state index is 12.8. The number of aromatic nitrogens is 1. The lowest BCUT2D eigenvalue weighted by Gasteiger charge is -2.24. The van der Waals surface area contributed by atoms with E-state index in [1.165, 1.54) is 0 Å². The Hall–Kier alpha value is -3.42. The predicted octanol–water partition coefficient (Wildman–Crippen LogP) is 1.17. The minimum atomic E-state index is -0.546. The van der Waals surface area contributed by atoms with Crippen LogP contribution in [-0.2, 0) is 22.7 Å². The molecule has 4 amide bonds. The van der Waals surface area contributed by atoms with E-state index < -0.39 is 11.9 Å². The Labute approximate surface area is 156 Å². The molecule has 2 aromatic rings. The van der Waals surface area contributed by atoms with Crippen LogP contribution in [0.2, 0.25) is 0 Å². The van der Waals surface area contributed by atoms with E-state index in [9.17, 15) is 14.4 Å². The molecule has 0 bridgehead atoms. The number of nitrogens with zero attached hydrogens (tertiary/aromatic N) is 3. The number of hydrogen-bond acceptors (Lipinski definition) is 5. The molecule has 1 saturated heterocycles. The fourth-order valence-electron chi connectivity index (χ4n) is 2.72. The second-order valence-corrected chi connectivity index (χ2v) is 6.06. The van der Waals surface area contributed by atoms with Gasteiger partial charge >= 0.3 is 6.03 Å². The smallest absolute Gasteiger partial charge is 0.325 e. The molecule has 0 spiro atoms. The van der Waals surface area contributed by atoms with Crippen LogP contribution in [0.25, 0.3) is 0 Å². The molecule has 8 heteroatoms. The summed E-state index contributed by atoms with van der Waals surface area (Å²) in [6.07, 6.45) is 1.66. The molecule has 0 unspecified atom stereocenters. The third-order valence-corrected chi connectivity index (χ3v) is 4.19. The van der Waals surface area contributed by atoms with Crippen LogP contribution in [0.15, 0.2) is 48.7 Å². The maximum absolute atomic E-state index is 12.8. The largest absolute Gasteiger partial charge is 0.497 e. The van der Waals surface area contributed by atoms with E-state index in [2.05, 4.69) is 10.3 Å². The SMILES string of the molecule is COc1ccc(CN(Cc2ccccn2)C(=O)CN2C(=O)CNC2=O)cc1. The first-order valence-corrected chi connectivity index (χ1v) is 8.45. The molecule has 2 heterocycles. The van der Waals surface area contributed by atoms with Crippen LogP contribution in [0.1, 0.15) is 11.3 Å². The first-order chi connectivity index (χ1) is 13.1. The van der Waals surface area contributed by atoms with Crippen molar-refractivity contribution in [3.63, 3.8) is 0 Å². The van der Waals surface area contributed by atoms with E-state index in [4.69, 9.17) is 4.74 Å². The van der Waals surface area contributed by atoms with Gasteiger partial charge < -0.3 is 15.0 Å². The number of hydrogen-bond donors (Lipinski definition) is 1. The van der Waals surface area contributed by atoms with Crippen LogP contribution in [0, 0.1) is 0 Å². The number of pyridine rings is 1. The monoisotopic (exact) mass is 368 g/mol. The van der Waals surface area contributed by atoms with Crippen LogP contribution < -0.4 is 10.1 Å². The van der Waals surface area contributed by atoms with Gasteiger partial charge in [0.25, 0.3) is 5.91 Å². The van der Waals surface area contributed by atoms with Crippen molar-refractivity contribution in [2.24, 2.45) is 0 Å². The van der Waals surface area contributed by atoms with E-state index in [1.807, 2.05) is 36.4 Å². The first-order valence-electron chi connectivity index (χ1n) is 8.45. The van der Waals surface area contributed by atoms with Gasteiger partial charge in [-0.05, 0) is 29.8 Å². The summed E-state index contributed by atoms with van der Waals surface area (Å²) in [5.41, 5.74) is 1.62. The van der Waals surface area contributed by atoms with Gasteiger partial charge in [-0.25, -0.2) is 4.79 Å². The quantitative estimate of drug-likeness (QED) is 0.741. The minimum Gasteiger partial charge on any atom is -0.497 e. The van der Waals surface area contributed by atoms with E-state index in [0.717, 1.165) is 21.9 Å². The third-order valence-electron chi connectivity index (χ3n) is 4.19. The number of benzene rings is 1. The van der Waals surface area contributed by atoms with E-state index >= 15 is 0 Å². The standard InChI is InChI=1S/C19H20N4O4/c1-27-16-7-5-14(6-8-16)11-22(12-15-4-2-3-9-20-15)18(25)13-23-17(24)10-21-19(23)26/h2-9H,10-13H2,1H3,(H,21,26). The summed E-state index contributed by atoms with van der Waals surface area (Å²) in [6.45, 7) is 0.219. The van der Waals surface area contributed by atoms with E-state index in [0.29, 0.717) is 6.54 Å². The number of carbonyl (C=O) groups excluding carboxylic acids is 3. The fourth-order valence-corrected chi connectivity index (χ4v) is 2.72. The van der Waals surface area contributed by atoms with Gasteiger partial charge in [0.2, 0.25) is 5.91 Å². The highest BCUT2D eigenvalue weighted by Gasteiger charge is 2.31. The number of urea groups is 1. The lowest BCUT2D eigenvalue weighted by Crippen LogP contribution is -2.42. The molecule has 0 saturated carbocycles. The molecule has 8 nitrogen and oxygen atoms in total. The molecule has 0 radical (unpaired) electrons. The molecule has 1 aromatic carbocycles. The van der Waals surface area contributed by atoms with Crippen LogP contribution >= 0.6 is 0 Å². The van der Waals surface area contributed by atoms with Crippen molar-refractivity contribution in [2.75, 3.05) is 20.2 Å². The first kappa shape index (κ1) is 18.4. The lowest BCUT2D eigenvalue weighted by atomic mass is 10.2. The molecule has 1 aliphatic heterocycles. The Kier molecular flexibility index (Phi) is 5.65. The number of methoxy groups -OCH3 is 1. The summed E-state index contributed by atoms with van der Waals surface area (Å²) in [4.78, 5) is 43.1. The number of ether oxygens (including phenoxy) is 1. The van der Waals surface area contributed by atoms with E-state index in [1.54, 1.807) is 24.3 Å². The molecule has 1 aliphatic rings. The molecule has 0 atom stereocenters. The average Bonchev–Trinajstić information content (AvgIpc) is 3.01. The summed E-state index contributed by atoms with van der Waals surface area (Å²) in [7, 11) is 1.59.